The summed E-state index contributed by atoms with van der Waals surface area (Å²) in [7, 11) is 0. The maximum atomic E-state index is 4.28. The molecule has 0 aliphatic heterocycles. The predicted molar refractivity (Wildman–Crippen MR) is 50.8 cm³/mol. The molecule has 0 radical (unpaired) electrons. The van der Waals surface area contributed by atoms with Gasteiger partial charge in [-0.15, -0.1) is 0 Å². The lowest BCUT2D eigenvalue weighted by Crippen LogP contribution is -2.09. The Morgan fingerprint density at radius 3 is 3.00 bits per heavy atom. The lowest BCUT2D eigenvalue weighted by Gasteiger charge is -2.21. The predicted octanol–water partition coefficient (Wildman–Crippen LogP) is 2.68. The average molecular weight is 159 g/mol. The SMILES string of the molecule is CC(C)/C=C1\Cc2ncccc21. The molecule has 0 bridgehead atoms. The summed E-state index contributed by atoms with van der Waals surface area (Å²) in [5, 5.41) is 0. The van der Waals surface area contributed by atoms with Crippen molar-refractivity contribution in [2.45, 2.75) is 20.3 Å². The minimum absolute atomic E-state index is 0.647. The number of rotatable bonds is 1. The molecule has 1 aliphatic carbocycles. The smallest absolute Gasteiger partial charge is 0.0522 e. The van der Waals surface area contributed by atoms with Crippen molar-refractivity contribution in [2.24, 2.45) is 5.92 Å². The number of pyridine rings is 1. The molecule has 0 atom stereocenters. The second-order valence-electron chi connectivity index (χ2n) is 3.61. The van der Waals surface area contributed by atoms with Crippen LogP contribution in [0.25, 0.3) is 5.57 Å². The minimum Gasteiger partial charge on any atom is -0.260 e. The fourth-order valence-electron chi connectivity index (χ4n) is 1.59. The third-order valence-electron chi connectivity index (χ3n) is 2.13. The van der Waals surface area contributed by atoms with Gasteiger partial charge in [0.1, 0.15) is 0 Å². The highest BCUT2D eigenvalue weighted by molar-refractivity contribution is 5.77. The van der Waals surface area contributed by atoms with Gasteiger partial charge >= 0.3 is 0 Å². The molecule has 0 fully saturated rings. The highest BCUT2D eigenvalue weighted by Crippen LogP contribution is 2.32. The first-order valence-corrected chi connectivity index (χ1v) is 4.42. The second kappa shape index (κ2) is 2.74. The third kappa shape index (κ3) is 1.15. The Hall–Kier alpha value is -1.11. The summed E-state index contributed by atoms with van der Waals surface area (Å²) in [6.07, 6.45) is 5.25. The van der Waals surface area contributed by atoms with E-state index in [0.29, 0.717) is 5.92 Å². The molecule has 0 saturated carbocycles. The Balaban J connectivity index is 2.31. The van der Waals surface area contributed by atoms with E-state index in [4.69, 9.17) is 0 Å². The Bertz CT molecular complexity index is 324. The summed E-state index contributed by atoms with van der Waals surface area (Å²) < 4.78 is 0. The first-order valence-electron chi connectivity index (χ1n) is 4.42. The van der Waals surface area contributed by atoms with Gasteiger partial charge in [0.05, 0.1) is 5.69 Å². The van der Waals surface area contributed by atoms with Crippen molar-refractivity contribution in [3.8, 4) is 0 Å². The highest BCUT2D eigenvalue weighted by atomic mass is 14.7. The van der Waals surface area contributed by atoms with Gasteiger partial charge in [0, 0.05) is 12.6 Å². The molecule has 1 aromatic heterocycles. The Morgan fingerprint density at radius 1 is 1.50 bits per heavy atom. The van der Waals surface area contributed by atoms with E-state index in [1.54, 1.807) is 0 Å². The van der Waals surface area contributed by atoms with E-state index < -0.39 is 0 Å². The summed E-state index contributed by atoms with van der Waals surface area (Å²) in [6.45, 7) is 4.42. The molecule has 62 valence electrons. The zero-order valence-electron chi connectivity index (χ0n) is 7.54. The summed E-state index contributed by atoms with van der Waals surface area (Å²) in [5.74, 6) is 0.647. The van der Waals surface area contributed by atoms with Gasteiger partial charge in [-0.3, -0.25) is 4.98 Å². The fraction of sp³-hybridized carbons (Fsp3) is 0.364. The molecule has 0 spiro atoms. The zero-order chi connectivity index (χ0) is 8.55. The van der Waals surface area contributed by atoms with E-state index in [1.165, 1.54) is 16.8 Å². The lowest BCUT2D eigenvalue weighted by molar-refractivity contribution is 0.825. The minimum atomic E-state index is 0.647. The molecule has 0 amide bonds. The van der Waals surface area contributed by atoms with Crippen LogP contribution in [0.3, 0.4) is 0 Å². The van der Waals surface area contributed by atoms with E-state index >= 15 is 0 Å². The summed E-state index contributed by atoms with van der Waals surface area (Å²) in [5.41, 5.74) is 4.07. The highest BCUT2D eigenvalue weighted by Gasteiger charge is 2.19. The topological polar surface area (TPSA) is 12.9 Å². The maximum Gasteiger partial charge on any atom is 0.0522 e. The van der Waals surface area contributed by atoms with Crippen molar-refractivity contribution < 1.29 is 0 Å². The van der Waals surface area contributed by atoms with Crippen LogP contribution in [-0.4, -0.2) is 4.98 Å². The van der Waals surface area contributed by atoms with Crippen LogP contribution in [0.1, 0.15) is 25.1 Å². The quantitative estimate of drug-likeness (QED) is 0.614. The van der Waals surface area contributed by atoms with Crippen LogP contribution in [0, 0.1) is 5.92 Å². The van der Waals surface area contributed by atoms with Gasteiger partial charge < -0.3 is 0 Å². The number of hydrogen-bond donors (Lipinski definition) is 0. The van der Waals surface area contributed by atoms with Crippen LogP contribution in [-0.2, 0) is 6.42 Å². The van der Waals surface area contributed by atoms with E-state index in [0.717, 1.165) is 6.42 Å². The summed E-state index contributed by atoms with van der Waals surface area (Å²) >= 11 is 0. The molecular formula is C11H13N. The van der Waals surface area contributed by atoms with Crippen molar-refractivity contribution >= 4 is 5.57 Å². The van der Waals surface area contributed by atoms with Crippen LogP contribution >= 0.6 is 0 Å². The molecule has 1 heteroatoms. The van der Waals surface area contributed by atoms with E-state index in [-0.39, 0.29) is 0 Å². The normalized spacial score (nSPS) is 17.8. The number of fused-ring (bicyclic) bond motifs is 1. The van der Waals surface area contributed by atoms with E-state index in [9.17, 15) is 0 Å². The maximum absolute atomic E-state index is 4.28. The molecule has 0 aromatic carbocycles. The molecular weight excluding hydrogens is 146 g/mol. The lowest BCUT2D eigenvalue weighted by atomic mass is 9.86. The number of hydrogen-bond acceptors (Lipinski definition) is 1. The molecule has 0 saturated heterocycles. The third-order valence-corrected chi connectivity index (χ3v) is 2.13. The fourth-order valence-corrected chi connectivity index (χ4v) is 1.59. The summed E-state index contributed by atoms with van der Waals surface area (Å²) in [4.78, 5) is 4.28. The second-order valence-corrected chi connectivity index (χ2v) is 3.61. The van der Waals surface area contributed by atoms with Gasteiger partial charge in [0.15, 0.2) is 0 Å². The molecule has 12 heavy (non-hydrogen) atoms. The molecule has 0 N–H and O–H groups in total. The van der Waals surface area contributed by atoms with E-state index in [1.807, 2.05) is 12.3 Å². The monoisotopic (exact) mass is 159 g/mol. The number of aromatic nitrogens is 1. The molecule has 1 nitrogen and oxygen atoms in total. The largest absolute Gasteiger partial charge is 0.260 e. The van der Waals surface area contributed by atoms with Crippen molar-refractivity contribution in [1.82, 2.24) is 4.98 Å². The van der Waals surface area contributed by atoms with Gasteiger partial charge in [-0.05, 0) is 23.1 Å². The van der Waals surface area contributed by atoms with E-state index in [2.05, 4.69) is 31.0 Å². The van der Waals surface area contributed by atoms with Crippen LogP contribution in [0.5, 0.6) is 0 Å². The first kappa shape index (κ1) is 7.53. The standard InChI is InChI=1S/C11H13N/c1-8(2)6-9-7-11-10(9)4-3-5-12-11/h3-6,8H,7H2,1-2H3/b9-6+. The molecule has 0 unspecified atom stereocenters. The Morgan fingerprint density at radius 2 is 2.33 bits per heavy atom. The van der Waals surface area contributed by atoms with Gasteiger partial charge in [0.2, 0.25) is 0 Å². The average Bonchev–Trinajstić information content (AvgIpc) is 2.00. The molecule has 1 aromatic rings. The van der Waals surface area contributed by atoms with Crippen molar-refractivity contribution in [3.05, 3.63) is 35.7 Å². The van der Waals surface area contributed by atoms with Crippen molar-refractivity contribution in [3.63, 3.8) is 0 Å². The first-order chi connectivity index (χ1) is 5.77. The van der Waals surface area contributed by atoms with Crippen LogP contribution in [0.15, 0.2) is 24.4 Å². The van der Waals surface area contributed by atoms with Crippen LogP contribution in [0.4, 0.5) is 0 Å². The Labute approximate surface area is 73.1 Å². The van der Waals surface area contributed by atoms with Gasteiger partial charge in [0.25, 0.3) is 0 Å². The molecule has 2 rings (SSSR count). The summed E-state index contributed by atoms with van der Waals surface area (Å²) in [6, 6.07) is 4.16. The molecule has 1 aliphatic rings. The Kier molecular flexibility index (Phi) is 1.72. The van der Waals surface area contributed by atoms with Gasteiger partial charge in [-0.25, -0.2) is 0 Å². The van der Waals surface area contributed by atoms with Crippen LogP contribution < -0.4 is 0 Å². The zero-order valence-corrected chi connectivity index (χ0v) is 7.54. The van der Waals surface area contributed by atoms with Gasteiger partial charge in [-0.2, -0.15) is 0 Å². The molecule has 1 heterocycles. The van der Waals surface area contributed by atoms with Crippen molar-refractivity contribution in [1.29, 1.82) is 0 Å². The number of nitrogens with zero attached hydrogens (tertiary/aromatic N) is 1. The van der Waals surface area contributed by atoms with Crippen molar-refractivity contribution in [2.75, 3.05) is 0 Å². The number of allylic oxidation sites excluding steroid dienone is 2. The van der Waals surface area contributed by atoms with Gasteiger partial charge in [-0.1, -0.05) is 26.0 Å². The van der Waals surface area contributed by atoms with Crippen LogP contribution in [0.2, 0.25) is 0 Å².